The minimum atomic E-state index is 0.461. The van der Waals surface area contributed by atoms with Gasteiger partial charge in [-0.2, -0.15) is 5.10 Å². The maximum Gasteiger partial charge on any atom is 0.183 e. The molecule has 0 fully saturated rings. The Labute approximate surface area is 179 Å². The van der Waals surface area contributed by atoms with Gasteiger partial charge >= 0.3 is 0 Å². The van der Waals surface area contributed by atoms with Gasteiger partial charge in [0.1, 0.15) is 11.4 Å². The fourth-order valence-corrected chi connectivity index (χ4v) is 3.67. The minimum absolute atomic E-state index is 0.461. The van der Waals surface area contributed by atoms with Crippen LogP contribution in [-0.4, -0.2) is 50.3 Å². The van der Waals surface area contributed by atoms with Crippen LogP contribution < -0.4 is 0 Å². The maximum absolute atomic E-state index is 6.91. The van der Waals surface area contributed by atoms with Gasteiger partial charge in [-0.05, 0) is 18.9 Å². The molecule has 0 amide bonds. The number of aryl methyl sites for hydroxylation is 1. The minimum Gasteiger partial charge on any atom is -0.378 e. The van der Waals surface area contributed by atoms with E-state index in [0.29, 0.717) is 22.9 Å². The molecule has 0 saturated heterocycles. The van der Waals surface area contributed by atoms with Gasteiger partial charge in [0.25, 0.3) is 0 Å². The molecule has 0 spiro atoms. The van der Waals surface area contributed by atoms with Crippen LogP contribution >= 0.6 is 11.6 Å². The van der Waals surface area contributed by atoms with Crippen molar-refractivity contribution < 1.29 is 0 Å². The van der Waals surface area contributed by atoms with E-state index in [1.165, 1.54) is 0 Å². The molecule has 152 valence electrons. The number of fused-ring (bicyclic) bond motifs is 1. The molecule has 1 aromatic carbocycles. The average Bonchev–Trinajstić information content (AvgIpc) is 3.32. The summed E-state index contributed by atoms with van der Waals surface area (Å²) in [6.07, 6.45) is 3.69. The lowest BCUT2D eigenvalue weighted by Crippen LogP contribution is -2.17. The van der Waals surface area contributed by atoms with Gasteiger partial charge in [-0.15, -0.1) is 10.2 Å². The second-order valence-electron chi connectivity index (χ2n) is 7.14. The maximum atomic E-state index is 6.91. The van der Waals surface area contributed by atoms with Crippen LogP contribution in [0, 0.1) is 0 Å². The van der Waals surface area contributed by atoms with Crippen LogP contribution in [0.3, 0.4) is 0 Å². The van der Waals surface area contributed by atoms with E-state index >= 15 is 0 Å². The van der Waals surface area contributed by atoms with Crippen molar-refractivity contribution in [2.24, 2.45) is 12.0 Å². The molecule has 0 aliphatic rings. The van der Waals surface area contributed by atoms with Crippen LogP contribution in [0.5, 0.6) is 0 Å². The molecule has 0 saturated carbocycles. The lowest BCUT2D eigenvalue weighted by Gasteiger charge is -2.16. The van der Waals surface area contributed by atoms with Crippen molar-refractivity contribution in [3.63, 3.8) is 0 Å². The molecule has 0 bridgehead atoms. The number of halogens is 1. The van der Waals surface area contributed by atoms with Gasteiger partial charge in [0, 0.05) is 39.1 Å². The number of nitrogens with zero attached hydrogens (tertiary/aromatic N) is 7. The third-order valence-electron chi connectivity index (χ3n) is 4.96. The van der Waals surface area contributed by atoms with Crippen LogP contribution in [0.1, 0.15) is 0 Å². The van der Waals surface area contributed by atoms with Crippen LogP contribution in [0.25, 0.3) is 33.7 Å². The van der Waals surface area contributed by atoms with E-state index in [2.05, 4.69) is 21.9 Å². The van der Waals surface area contributed by atoms with Gasteiger partial charge in [-0.3, -0.25) is 4.99 Å². The smallest absolute Gasteiger partial charge is 0.183 e. The fraction of sp³-hybridized carbons (Fsp3) is 0.182. The second-order valence-corrected chi connectivity index (χ2v) is 7.51. The van der Waals surface area contributed by atoms with E-state index in [-0.39, 0.29) is 0 Å². The first-order chi connectivity index (χ1) is 14.5. The molecule has 0 radical (unpaired) electrons. The Hall–Kier alpha value is -3.45. The fourth-order valence-electron chi connectivity index (χ4n) is 3.35. The van der Waals surface area contributed by atoms with E-state index < -0.39 is 0 Å². The zero-order valence-corrected chi connectivity index (χ0v) is 17.9. The number of hydrogen-bond acceptors (Lipinski definition) is 5. The highest BCUT2D eigenvalue weighted by atomic mass is 35.5. The first-order valence-electron chi connectivity index (χ1n) is 9.43. The first-order valence-corrected chi connectivity index (χ1v) is 9.81. The zero-order chi connectivity index (χ0) is 21.3. The summed E-state index contributed by atoms with van der Waals surface area (Å²) in [4.78, 5) is 5.88. The normalized spacial score (nSPS) is 11.8. The Morgan fingerprint density at radius 1 is 1.13 bits per heavy atom. The highest BCUT2D eigenvalue weighted by Crippen LogP contribution is 2.37. The highest BCUT2D eigenvalue weighted by molar-refractivity contribution is 6.38. The molecule has 0 aliphatic heterocycles. The van der Waals surface area contributed by atoms with Gasteiger partial charge in [0.15, 0.2) is 5.65 Å². The number of aliphatic imine (C=N–C) groups is 1. The molecular formula is C22H22ClN7. The molecular weight excluding hydrogens is 398 g/mol. The Bertz CT molecular complexity index is 1240. The number of benzene rings is 1. The van der Waals surface area contributed by atoms with Crippen molar-refractivity contribution >= 4 is 29.4 Å². The molecule has 0 unspecified atom stereocenters. The number of hydrogen-bond donors (Lipinski definition) is 0. The summed E-state index contributed by atoms with van der Waals surface area (Å²) >= 11 is 6.91. The molecule has 0 aliphatic carbocycles. The first kappa shape index (κ1) is 19.8. The monoisotopic (exact) mass is 419 g/mol. The molecule has 4 aromatic rings. The molecule has 7 nitrogen and oxygen atoms in total. The van der Waals surface area contributed by atoms with E-state index in [1.807, 2.05) is 84.0 Å². The van der Waals surface area contributed by atoms with Crippen LogP contribution in [0.15, 0.2) is 65.6 Å². The highest BCUT2D eigenvalue weighted by Gasteiger charge is 2.22. The molecule has 0 N–H and O–H groups in total. The van der Waals surface area contributed by atoms with Gasteiger partial charge in [0.05, 0.1) is 28.3 Å². The average molecular weight is 420 g/mol. The summed E-state index contributed by atoms with van der Waals surface area (Å²) in [5.74, 6) is 0. The molecule has 8 heteroatoms. The van der Waals surface area contributed by atoms with Crippen molar-refractivity contribution in [1.82, 2.24) is 29.4 Å². The summed E-state index contributed by atoms with van der Waals surface area (Å²) in [7, 11) is 5.88. The van der Waals surface area contributed by atoms with Crippen molar-refractivity contribution in [3.05, 3.63) is 65.6 Å². The number of rotatable bonds is 6. The standard InChI is InChI=1S/C22H22ClN7/c1-24-13-16(28(2)3)14-30-22-18(21(27-30)17-11-8-12-29(17)4)19(23)20(25-26-22)15-9-6-5-7-10-15/h5-13H,1,14H2,2-4H3/b16-13-. The summed E-state index contributed by atoms with van der Waals surface area (Å²) < 4.78 is 3.82. The molecule has 3 heterocycles. The Morgan fingerprint density at radius 2 is 1.90 bits per heavy atom. The lowest BCUT2D eigenvalue weighted by molar-refractivity contribution is 0.460. The molecule has 3 aromatic heterocycles. The van der Waals surface area contributed by atoms with Crippen LogP contribution in [-0.2, 0) is 13.6 Å². The Kier molecular flexibility index (Phi) is 5.37. The molecule has 30 heavy (non-hydrogen) atoms. The SMILES string of the molecule is C=N/C=C(/Cn1nc(-c2cccn2C)c2c(Cl)c(-c3ccccc3)nnc21)N(C)C. The lowest BCUT2D eigenvalue weighted by atomic mass is 10.1. The van der Waals surface area contributed by atoms with Gasteiger partial charge in [0.2, 0.25) is 0 Å². The molecule has 4 rings (SSSR count). The van der Waals surface area contributed by atoms with Crippen molar-refractivity contribution in [2.75, 3.05) is 14.1 Å². The zero-order valence-electron chi connectivity index (χ0n) is 17.1. The van der Waals surface area contributed by atoms with Gasteiger partial charge in [-0.25, -0.2) is 4.68 Å². The number of likely N-dealkylation sites (N-methyl/N-ethyl adjacent to an activating group) is 1. The number of allylic oxidation sites excluding steroid dienone is 1. The summed E-state index contributed by atoms with van der Waals surface area (Å²) in [6, 6.07) is 13.8. The molecule has 0 atom stereocenters. The Balaban J connectivity index is 1.97. The topological polar surface area (TPSA) is 64.1 Å². The van der Waals surface area contributed by atoms with Gasteiger partial charge < -0.3 is 9.47 Å². The van der Waals surface area contributed by atoms with E-state index in [1.54, 1.807) is 6.20 Å². The number of aromatic nitrogens is 5. The second kappa shape index (κ2) is 8.12. The predicted molar refractivity (Wildman–Crippen MR) is 121 cm³/mol. The van der Waals surface area contributed by atoms with Crippen molar-refractivity contribution in [1.29, 1.82) is 0 Å². The van der Waals surface area contributed by atoms with Crippen molar-refractivity contribution in [3.8, 4) is 22.6 Å². The van der Waals surface area contributed by atoms with E-state index in [0.717, 1.165) is 28.0 Å². The Morgan fingerprint density at radius 3 is 2.53 bits per heavy atom. The van der Waals surface area contributed by atoms with E-state index in [4.69, 9.17) is 16.7 Å². The van der Waals surface area contributed by atoms with E-state index in [9.17, 15) is 0 Å². The summed E-state index contributed by atoms with van der Waals surface area (Å²) in [5, 5.41) is 15.1. The van der Waals surface area contributed by atoms with Crippen LogP contribution in [0.4, 0.5) is 0 Å². The quantitative estimate of drug-likeness (QED) is 0.438. The largest absolute Gasteiger partial charge is 0.378 e. The van der Waals surface area contributed by atoms with Gasteiger partial charge in [-0.1, -0.05) is 41.9 Å². The summed E-state index contributed by atoms with van der Waals surface area (Å²) in [5.41, 5.74) is 4.80. The predicted octanol–water partition coefficient (Wildman–Crippen LogP) is 4.26. The van der Waals surface area contributed by atoms with Crippen LogP contribution in [0.2, 0.25) is 5.02 Å². The third-order valence-corrected chi connectivity index (χ3v) is 5.33. The third kappa shape index (κ3) is 3.48. The summed E-state index contributed by atoms with van der Waals surface area (Å²) in [6.45, 7) is 4.03. The van der Waals surface area contributed by atoms with Crippen molar-refractivity contribution in [2.45, 2.75) is 6.54 Å².